The number of hydrogen-bond donors (Lipinski definition) is 3. The molecule has 0 radical (unpaired) electrons. The number of carbonyl (C=O) groups excluding carboxylic acids is 1. The zero-order chi connectivity index (χ0) is 17.6. The van der Waals surface area contributed by atoms with Crippen LogP contribution in [0, 0.1) is 0 Å². The Bertz CT molecular complexity index is 973. The van der Waals surface area contributed by atoms with Crippen LogP contribution in [-0.2, 0) is 0 Å². The van der Waals surface area contributed by atoms with Gasteiger partial charge in [0.1, 0.15) is 16.9 Å². The topological polar surface area (TPSA) is 61.4 Å². The summed E-state index contributed by atoms with van der Waals surface area (Å²) in [7, 11) is 0. The molecule has 3 aromatic rings. The molecule has 7 heteroatoms. The Balaban J connectivity index is 1.75. The number of amides is 1. The maximum Gasteiger partial charge on any atom is 0.256 e. The Kier molecular flexibility index (Phi) is 4.31. The van der Waals surface area contributed by atoms with E-state index in [0.717, 1.165) is 20.6 Å². The van der Waals surface area contributed by atoms with Crippen LogP contribution in [-0.4, -0.2) is 11.0 Å². The molecule has 3 N–H and O–H groups in total. The maximum atomic E-state index is 12.8. The number of aromatic hydroxyl groups is 1. The van der Waals surface area contributed by atoms with Crippen molar-refractivity contribution >= 4 is 54.1 Å². The van der Waals surface area contributed by atoms with Gasteiger partial charge in [-0.15, -0.1) is 11.3 Å². The van der Waals surface area contributed by atoms with Gasteiger partial charge in [0, 0.05) is 21.0 Å². The number of carbonyl (C=O) groups is 1. The van der Waals surface area contributed by atoms with Crippen molar-refractivity contribution in [2.24, 2.45) is 0 Å². The summed E-state index contributed by atoms with van der Waals surface area (Å²) in [6, 6.07) is 13.4. The minimum Gasteiger partial charge on any atom is -0.506 e. The van der Waals surface area contributed by atoms with Crippen molar-refractivity contribution in [1.29, 1.82) is 0 Å². The highest BCUT2D eigenvalue weighted by Gasteiger charge is 2.31. The Morgan fingerprint density at radius 3 is 2.60 bits per heavy atom. The van der Waals surface area contributed by atoms with Crippen LogP contribution in [0.3, 0.4) is 0 Å². The Morgan fingerprint density at radius 2 is 1.84 bits per heavy atom. The summed E-state index contributed by atoms with van der Waals surface area (Å²) in [5.74, 6) is -0.0568. The predicted octanol–water partition coefficient (Wildman–Crippen LogP) is 5.50. The average Bonchev–Trinajstić information content (AvgIpc) is 3.03. The summed E-state index contributed by atoms with van der Waals surface area (Å²) in [6.45, 7) is 0. The van der Waals surface area contributed by atoms with Crippen molar-refractivity contribution < 1.29 is 9.90 Å². The van der Waals surface area contributed by atoms with Gasteiger partial charge < -0.3 is 15.7 Å². The third-order valence-electron chi connectivity index (χ3n) is 4.02. The fraction of sp³-hybridized carbons (Fsp3) is 0.0556. The smallest absolute Gasteiger partial charge is 0.256 e. The lowest BCUT2D eigenvalue weighted by Crippen LogP contribution is -2.38. The van der Waals surface area contributed by atoms with Crippen LogP contribution in [0.25, 0.3) is 11.1 Å². The monoisotopic (exact) mass is 478 g/mol. The van der Waals surface area contributed by atoms with Gasteiger partial charge in [0.05, 0.1) is 10.0 Å². The summed E-state index contributed by atoms with van der Waals surface area (Å²) in [6.07, 6.45) is -0.504. The average molecular weight is 480 g/mol. The summed E-state index contributed by atoms with van der Waals surface area (Å²) in [4.78, 5) is 12.8. The van der Waals surface area contributed by atoms with Crippen LogP contribution < -0.4 is 10.6 Å². The molecule has 2 heterocycles. The molecule has 126 valence electrons. The highest BCUT2D eigenvalue weighted by molar-refractivity contribution is 9.11. The highest BCUT2D eigenvalue weighted by atomic mass is 79.9. The van der Waals surface area contributed by atoms with E-state index in [2.05, 4.69) is 42.5 Å². The second-order valence-electron chi connectivity index (χ2n) is 5.60. The summed E-state index contributed by atoms with van der Waals surface area (Å²) in [5, 5.41) is 19.4. The first kappa shape index (κ1) is 16.6. The molecule has 4 nitrogen and oxygen atoms in total. The molecule has 1 aliphatic rings. The fourth-order valence-corrected chi connectivity index (χ4v) is 5.11. The van der Waals surface area contributed by atoms with E-state index in [1.54, 1.807) is 12.1 Å². The van der Waals surface area contributed by atoms with Gasteiger partial charge >= 0.3 is 0 Å². The molecule has 2 aromatic carbocycles. The standard InChI is InChI=1S/C18H12Br2N2O2S/c19-10-6-11(15(23)13(20)7-10)16-21-17(24)14-12(8-25-18(14)22-16)9-4-2-1-3-5-9/h1-8,16,22-23H,(H,21,24). The molecule has 0 bridgehead atoms. The second kappa shape index (κ2) is 6.48. The number of fused-ring (bicyclic) bond motifs is 1. The number of halogens is 2. The third kappa shape index (κ3) is 2.96. The van der Waals surface area contributed by atoms with E-state index in [-0.39, 0.29) is 11.7 Å². The number of phenols is 1. The van der Waals surface area contributed by atoms with Gasteiger partial charge in [-0.25, -0.2) is 0 Å². The molecular formula is C18H12Br2N2O2S. The van der Waals surface area contributed by atoms with Crippen LogP contribution in [0.2, 0.25) is 0 Å². The first-order valence-corrected chi connectivity index (χ1v) is 9.93. The molecule has 0 fully saturated rings. The van der Waals surface area contributed by atoms with Gasteiger partial charge in [0.15, 0.2) is 0 Å². The zero-order valence-electron chi connectivity index (χ0n) is 12.7. The molecule has 1 aliphatic heterocycles. The molecule has 0 saturated heterocycles. The number of benzene rings is 2. The van der Waals surface area contributed by atoms with Gasteiger partial charge in [0.2, 0.25) is 0 Å². The van der Waals surface area contributed by atoms with Crippen molar-refractivity contribution in [3.63, 3.8) is 0 Å². The van der Waals surface area contributed by atoms with Crippen LogP contribution in [0.5, 0.6) is 5.75 Å². The van der Waals surface area contributed by atoms with Crippen LogP contribution >= 0.6 is 43.2 Å². The Morgan fingerprint density at radius 1 is 1.08 bits per heavy atom. The van der Waals surface area contributed by atoms with E-state index in [1.165, 1.54) is 11.3 Å². The molecular weight excluding hydrogens is 468 g/mol. The third-order valence-corrected chi connectivity index (χ3v) is 6.00. The molecule has 25 heavy (non-hydrogen) atoms. The van der Waals surface area contributed by atoms with Crippen molar-refractivity contribution in [3.05, 3.63) is 67.9 Å². The van der Waals surface area contributed by atoms with Crippen molar-refractivity contribution in [2.45, 2.75) is 6.17 Å². The minimum atomic E-state index is -0.504. The summed E-state index contributed by atoms with van der Waals surface area (Å²) in [5.41, 5.74) is 3.14. The fourth-order valence-electron chi connectivity index (χ4n) is 2.85. The molecule has 1 atom stereocenters. The van der Waals surface area contributed by atoms with Gasteiger partial charge in [-0.3, -0.25) is 4.79 Å². The molecule has 4 rings (SSSR count). The first-order valence-electron chi connectivity index (χ1n) is 7.47. The van der Waals surface area contributed by atoms with Gasteiger partial charge in [-0.1, -0.05) is 46.3 Å². The maximum absolute atomic E-state index is 12.8. The lowest BCUT2D eigenvalue weighted by molar-refractivity contribution is 0.0937. The quantitative estimate of drug-likeness (QED) is 0.454. The van der Waals surface area contributed by atoms with Crippen molar-refractivity contribution in [1.82, 2.24) is 5.32 Å². The molecule has 0 spiro atoms. The van der Waals surface area contributed by atoms with Gasteiger partial charge in [-0.2, -0.15) is 0 Å². The van der Waals surface area contributed by atoms with E-state index < -0.39 is 6.17 Å². The largest absolute Gasteiger partial charge is 0.506 e. The predicted molar refractivity (Wildman–Crippen MR) is 107 cm³/mol. The molecule has 1 amide bonds. The lowest BCUT2D eigenvalue weighted by Gasteiger charge is -2.27. The zero-order valence-corrected chi connectivity index (χ0v) is 16.7. The number of phenolic OH excluding ortho intramolecular Hbond substituents is 1. The van der Waals surface area contributed by atoms with E-state index in [1.807, 2.05) is 35.7 Å². The highest BCUT2D eigenvalue weighted by Crippen LogP contribution is 2.42. The number of hydrogen-bond acceptors (Lipinski definition) is 4. The number of rotatable bonds is 2. The van der Waals surface area contributed by atoms with Crippen LogP contribution in [0.15, 0.2) is 56.8 Å². The van der Waals surface area contributed by atoms with Crippen LogP contribution in [0.1, 0.15) is 22.1 Å². The SMILES string of the molecule is O=C1NC(c2cc(Br)cc(Br)c2O)Nc2scc(-c3ccccc3)c21. The summed E-state index contributed by atoms with van der Waals surface area (Å²) < 4.78 is 1.38. The van der Waals surface area contributed by atoms with Gasteiger partial charge in [-0.05, 0) is 33.6 Å². The summed E-state index contributed by atoms with van der Waals surface area (Å²) >= 11 is 8.23. The van der Waals surface area contributed by atoms with E-state index >= 15 is 0 Å². The van der Waals surface area contributed by atoms with E-state index in [4.69, 9.17) is 0 Å². The lowest BCUT2D eigenvalue weighted by atomic mass is 10.0. The molecule has 0 aliphatic carbocycles. The Labute approximate surface area is 165 Å². The Hall–Kier alpha value is -1.83. The molecule has 1 unspecified atom stereocenters. The number of nitrogens with one attached hydrogen (secondary N) is 2. The van der Waals surface area contributed by atoms with Gasteiger partial charge in [0.25, 0.3) is 5.91 Å². The number of anilines is 1. The normalized spacial score (nSPS) is 16.1. The molecule has 0 saturated carbocycles. The number of thiophene rings is 1. The minimum absolute atomic E-state index is 0.101. The second-order valence-corrected chi connectivity index (χ2v) is 8.25. The molecule has 1 aromatic heterocycles. The van der Waals surface area contributed by atoms with E-state index in [9.17, 15) is 9.90 Å². The van der Waals surface area contributed by atoms with Crippen molar-refractivity contribution in [2.75, 3.05) is 5.32 Å². The first-order chi connectivity index (χ1) is 12.0. The van der Waals surface area contributed by atoms with E-state index in [0.29, 0.717) is 15.6 Å². The van der Waals surface area contributed by atoms with Crippen LogP contribution in [0.4, 0.5) is 5.00 Å². The van der Waals surface area contributed by atoms with Crippen molar-refractivity contribution in [3.8, 4) is 16.9 Å².